The number of thioether (sulfide) groups is 1. The summed E-state index contributed by atoms with van der Waals surface area (Å²) in [5, 5.41) is 0.626. The average molecular weight is 287 g/mol. The van der Waals surface area contributed by atoms with E-state index in [1.807, 2.05) is 4.90 Å². The first kappa shape index (κ1) is 13.0. The third-order valence-corrected chi connectivity index (χ3v) is 3.94. The van der Waals surface area contributed by atoms with Crippen molar-refractivity contribution in [2.75, 3.05) is 12.3 Å². The molecular formula is C13H13N5OS. The van der Waals surface area contributed by atoms with Gasteiger partial charge >= 0.3 is 0 Å². The minimum absolute atomic E-state index is 0.0944. The molecule has 0 radical (unpaired) electrons. The Kier molecular flexibility index (Phi) is 3.87. The lowest BCUT2D eigenvalue weighted by atomic mass is 10.1. The van der Waals surface area contributed by atoms with Gasteiger partial charge in [-0.25, -0.2) is 19.9 Å². The van der Waals surface area contributed by atoms with E-state index in [0.717, 1.165) is 17.7 Å². The Morgan fingerprint density at radius 1 is 1.30 bits per heavy atom. The summed E-state index contributed by atoms with van der Waals surface area (Å²) >= 11 is 1.36. The van der Waals surface area contributed by atoms with Crippen molar-refractivity contribution in [3.05, 3.63) is 42.2 Å². The number of aromatic nitrogens is 4. The molecule has 0 bridgehead atoms. The van der Waals surface area contributed by atoms with Gasteiger partial charge < -0.3 is 4.90 Å². The van der Waals surface area contributed by atoms with E-state index >= 15 is 0 Å². The van der Waals surface area contributed by atoms with Crippen LogP contribution in [-0.2, 0) is 17.8 Å². The largest absolute Gasteiger partial charge is 0.337 e. The molecular weight excluding hydrogens is 274 g/mol. The highest BCUT2D eigenvalue weighted by Crippen LogP contribution is 2.18. The Morgan fingerprint density at radius 2 is 2.15 bits per heavy atom. The first-order valence-electron chi connectivity index (χ1n) is 6.28. The Balaban J connectivity index is 1.59. The normalized spacial score (nSPS) is 13.9. The minimum atomic E-state index is 0.0944. The summed E-state index contributed by atoms with van der Waals surface area (Å²) in [5.74, 6) is 0.449. The number of fused-ring (bicyclic) bond motifs is 1. The highest BCUT2D eigenvalue weighted by atomic mass is 32.2. The lowest BCUT2D eigenvalue weighted by Gasteiger charge is -2.27. The van der Waals surface area contributed by atoms with Crippen LogP contribution in [0, 0.1) is 0 Å². The van der Waals surface area contributed by atoms with Gasteiger partial charge in [0.25, 0.3) is 0 Å². The molecule has 102 valence electrons. The van der Waals surface area contributed by atoms with Crippen LogP contribution in [0.15, 0.2) is 36.1 Å². The summed E-state index contributed by atoms with van der Waals surface area (Å²) in [5.41, 5.74) is 2.08. The van der Waals surface area contributed by atoms with E-state index in [2.05, 4.69) is 19.9 Å². The number of amides is 1. The maximum atomic E-state index is 12.2. The molecule has 0 unspecified atom stereocenters. The third kappa shape index (κ3) is 2.93. The van der Waals surface area contributed by atoms with Gasteiger partial charge in [0.2, 0.25) is 5.91 Å². The van der Waals surface area contributed by atoms with Gasteiger partial charge in [0, 0.05) is 43.7 Å². The number of hydrogen-bond acceptors (Lipinski definition) is 6. The smallest absolute Gasteiger partial charge is 0.233 e. The molecule has 2 aromatic rings. The minimum Gasteiger partial charge on any atom is -0.337 e. The molecule has 1 aliphatic rings. The fraction of sp³-hybridized carbons (Fsp3) is 0.308. The Labute approximate surface area is 120 Å². The second-order valence-electron chi connectivity index (χ2n) is 4.38. The Hall–Kier alpha value is -2.02. The summed E-state index contributed by atoms with van der Waals surface area (Å²) in [6.07, 6.45) is 7.48. The fourth-order valence-corrected chi connectivity index (χ4v) is 2.76. The van der Waals surface area contributed by atoms with E-state index < -0.39 is 0 Å². The van der Waals surface area contributed by atoms with E-state index in [1.54, 1.807) is 31.0 Å². The lowest BCUT2D eigenvalue weighted by molar-refractivity contribution is -0.129. The zero-order valence-corrected chi connectivity index (χ0v) is 11.6. The van der Waals surface area contributed by atoms with Crippen LogP contribution in [0.3, 0.4) is 0 Å². The van der Waals surface area contributed by atoms with Crippen LogP contribution in [0.1, 0.15) is 11.3 Å². The van der Waals surface area contributed by atoms with Crippen molar-refractivity contribution in [1.82, 2.24) is 24.8 Å². The summed E-state index contributed by atoms with van der Waals surface area (Å²) < 4.78 is 0. The highest BCUT2D eigenvalue weighted by molar-refractivity contribution is 7.99. The topological polar surface area (TPSA) is 71.9 Å². The zero-order valence-electron chi connectivity index (χ0n) is 10.8. The first-order chi connectivity index (χ1) is 9.83. The molecule has 0 saturated carbocycles. The molecule has 6 nitrogen and oxygen atoms in total. The number of rotatable bonds is 3. The number of hydrogen-bond donors (Lipinski definition) is 0. The molecule has 3 heterocycles. The van der Waals surface area contributed by atoms with E-state index in [9.17, 15) is 4.79 Å². The van der Waals surface area contributed by atoms with Crippen LogP contribution < -0.4 is 0 Å². The Bertz CT molecular complexity index is 607. The van der Waals surface area contributed by atoms with Gasteiger partial charge in [0.05, 0.1) is 11.4 Å². The molecule has 0 saturated heterocycles. The van der Waals surface area contributed by atoms with Crippen molar-refractivity contribution in [1.29, 1.82) is 0 Å². The predicted octanol–water partition coefficient (Wildman–Crippen LogP) is 0.944. The van der Waals surface area contributed by atoms with E-state index in [4.69, 9.17) is 0 Å². The SMILES string of the molecule is O=C(CSc1ncccn1)N1CCc2ncncc2C1. The van der Waals surface area contributed by atoms with Crippen LogP contribution in [-0.4, -0.2) is 43.0 Å². The van der Waals surface area contributed by atoms with Crippen LogP contribution in [0.25, 0.3) is 0 Å². The standard InChI is InChI=1S/C13H13N5OS/c19-12(8-20-13-15-3-1-4-16-13)18-5-2-11-10(7-18)6-14-9-17-11/h1,3-4,6,9H,2,5,7-8H2. The predicted molar refractivity (Wildman–Crippen MR) is 73.9 cm³/mol. The van der Waals surface area contributed by atoms with Gasteiger partial charge in [0.15, 0.2) is 5.16 Å². The average Bonchev–Trinajstić information content (AvgIpc) is 2.53. The van der Waals surface area contributed by atoms with Gasteiger partial charge in [0.1, 0.15) is 6.33 Å². The van der Waals surface area contributed by atoms with Crippen LogP contribution >= 0.6 is 11.8 Å². The molecule has 7 heteroatoms. The van der Waals surface area contributed by atoms with Crippen LogP contribution in [0.5, 0.6) is 0 Å². The first-order valence-corrected chi connectivity index (χ1v) is 7.27. The lowest BCUT2D eigenvalue weighted by Crippen LogP contribution is -2.37. The molecule has 0 N–H and O–H groups in total. The van der Waals surface area contributed by atoms with Crippen molar-refractivity contribution >= 4 is 17.7 Å². The molecule has 1 aliphatic heterocycles. The summed E-state index contributed by atoms with van der Waals surface area (Å²) in [7, 11) is 0. The van der Waals surface area contributed by atoms with Crippen molar-refractivity contribution in [3.8, 4) is 0 Å². The molecule has 20 heavy (non-hydrogen) atoms. The summed E-state index contributed by atoms with van der Waals surface area (Å²) in [4.78, 5) is 30.5. The molecule has 0 aliphatic carbocycles. The van der Waals surface area contributed by atoms with Gasteiger partial charge in [-0.05, 0) is 6.07 Å². The third-order valence-electron chi connectivity index (χ3n) is 3.08. The monoisotopic (exact) mass is 287 g/mol. The molecule has 0 aromatic carbocycles. The Morgan fingerprint density at radius 3 is 3.00 bits per heavy atom. The van der Waals surface area contributed by atoms with Gasteiger partial charge in [-0.3, -0.25) is 4.79 Å². The van der Waals surface area contributed by atoms with Gasteiger partial charge in [-0.2, -0.15) is 0 Å². The van der Waals surface area contributed by atoms with Crippen molar-refractivity contribution < 1.29 is 4.79 Å². The summed E-state index contributed by atoms with van der Waals surface area (Å²) in [6.45, 7) is 1.30. The van der Waals surface area contributed by atoms with E-state index in [1.165, 1.54) is 11.8 Å². The van der Waals surface area contributed by atoms with Crippen LogP contribution in [0.2, 0.25) is 0 Å². The van der Waals surface area contributed by atoms with Crippen molar-refractivity contribution in [3.63, 3.8) is 0 Å². The fourth-order valence-electron chi connectivity index (χ4n) is 2.06. The van der Waals surface area contributed by atoms with Gasteiger partial charge in [-0.1, -0.05) is 11.8 Å². The molecule has 0 fully saturated rings. The van der Waals surface area contributed by atoms with E-state index in [-0.39, 0.29) is 5.91 Å². The van der Waals surface area contributed by atoms with Gasteiger partial charge in [-0.15, -0.1) is 0 Å². The number of carbonyl (C=O) groups excluding carboxylic acids is 1. The quantitative estimate of drug-likeness (QED) is 0.618. The molecule has 1 amide bonds. The van der Waals surface area contributed by atoms with E-state index in [0.29, 0.717) is 24.0 Å². The summed E-state index contributed by atoms with van der Waals surface area (Å²) in [6, 6.07) is 1.76. The zero-order chi connectivity index (χ0) is 13.8. The van der Waals surface area contributed by atoms with Crippen molar-refractivity contribution in [2.45, 2.75) is 18.1 Å². The number of carbonyl (C=O) groups is 1. The maximum Gasteiger partial charge on any atom is 0.233 e. The highest BCUT2D eigenvalue weighted by Gasteiger charge is 2.21. The second-order valence-corrected chi connectivity index (χ2v) is 5.32. The maximum absolute atomic E-state index is 12.2. The molecule has 0 spiro atoms. The molecule has 2 aromatic heterocycles. The molecule has 3 rings (SSSR count). The van der Waals surface area contributed by atoms with Crippen LogP contribution in [0.4, 0.5) is 0 Å². The molecule has 0 atom stereocenters. The van der Waals surface area contributed by atoms with Crippen molar-refractivity contribution in [2.24, 2.45) is 0 Å². The second kappa shape index (κ2) is 5.96. The number of nitrogens with zero attached hydrogens (tertiary/aromatic N) is 5.